The van der Waals surface area contributed by atoms with Crippen LogP contribution in [0.1, 0.15) is 45.1 Å². The minimum Gasteiger partial charge on any atom is -0.496 e. The van der Waals surface area contributed by atoms with Gasteiger partial charge in [0.05, 0.1) is 7.11 Å². The highest BCUT2D eigenvalue weighted by atomic mass is 35.5. The second kappa shape index (κ2) is 6.82. The quantitative estimate of drug-likeness (QED) is 0.837. The molecule has 0 heterocycles. The zero-order chi connectivity index (χ0) is 14.6. The lowest BCUT2D eigenvalue weighted by Crippen LogP contribution is -2.29. The highest BCUT2D eigenvalue weighted by Crippen LogP contribution is 2.42. The lowest BCUT2D eigenvalue weighted by Gasteiger charge is -2.25. The maximum atomic E-state index is 6.13. The van der Waals surface area contributed by atoms with E-state index in [4.69, 9.17) is 16.3 Å². The van der Waals surface area contributed by atoms with Gasteiger partial charge in [0.1, 0.15) is 5.75 Å². The average molecular weight is 296 g/mol. The third kappa shape index (κ3) is 3.89. The van der Waals surface area contributed by atoms with Crippen molar-refractivity contribution in [2.75, 3.05) is 13.7 Å². The average Bonchev–Trinajstić information content (AvgIpc) is 2.78. The van der Waals surface area contributed by atoms with Gasteiger partial charge in [-0.25, -0.2) is 0 Å². The zero-order valence-electron chi connectivity index (χ0n) is 12.8. The molecule has 0 radical (unpaired) electrons. The van der Waals surface area contributed by atoms with Gasteiger partial charge >= 0.3 is 0 Å². The number of methoxy groups -OCH3 is 1. The van der Waals surface area contributed by atoms with Gasteiger partial charge in [0.25, 0.3) is 0 Å². The molecule has 3 heteroatoms. The van der Waals surface area contributed by atoms with Gasteiger partial charge in [0, 0.05) is 11.1 Å². The van der Waals surface area contributed by atoms with Crippen molar-refractivity contribution in [1.29, 1.82) is 0 Å². The molecule has 0 saturated heterocycles. The summed E-state index contributed by atoms with van der Waals surface area (Å²) < 4.78 is 5.47. The molecule has 1 fully saturated rings. The number of halogens is 1. The van der Waals surface area contributed by atoms with Gasteiger partial charge in [-0.2, -0.15) is 0 Å². The summed E-state index contributed by atoms with van der Waals surface area (Å²) in [6.07, 6.45) is 6.03. The lowest BCUT2D eigenvalue weighted by molar-refractivity contribution is 0.314. The Morgan fingerprint density at radius 3 is 2.95 bits per heavy atom. The number of ether oxygens (including phenoxy) is 1. The lowest BCUT2D eigenvalue weighted by atomic mass is 9.81. The van der Waals surface area contributed by atoms with Gasteiger partial charge in [0.2, 0.25) is 0 Å². The van der Waals surface area contributed by atoms with Crippen LogP contribution in [0, 0.1) is 5.41 Å². The predicted molar refractivity (Wildman–Crippen MR) is 85.7 cm³/mol. The first-order valence-corrected chi connectivity index (χ1v) is 8.00. The Labute approximate surface area is 127 Å². The molecule has 0 spiro atoms. The van der Waals surface area contributed by atoms with Gasteiger partial charge in [0.15, 0.2) is 0 Å². The number of nitrogens with one attached hydrogen (secondary N) is 1. The molecule has 1 aliphatic rings. The van der Waals surface area contributed by atoms with Crippen molar-refractivity contribution in [3.05, 3.63) is 28.8 Å². The number of rotatable bonds is 6. The Morgan fingerprint density at radius 2 is 2.25 bits per heavy atom. The fraction of sp³-hybridized carbons (Fsp3) is 0.647. The van der Waals surface area contributed by atoms with Gasteiger partial charge < -0.3 is 10.1 Å². The van der Waals surface area contributed by atoms with Gasteiger partial charge in [-0.15, -0.1) is 0 Å². The van der Waals surface area contributed by atoms with E-state index in [1.807, 2.05) is 12.1 Å². The first-order chi connectivity index (χ1) is 9.56. The molecule has 0 amide bonds. The van der Waals surface area contributed by atoms with E-state index < -0.39 is 0 Å². The highest BCUT2D eigenvalue weighted by Gasteiger charge is 2.35. The Balaban J connectivity index is 2.04. The van der Waals surface area contributed by atoms with Crippen molar-refractivity contribution in [2.24, 2.45) is 5.41 Å². The molecule has 1 aliphatic carbocycles. The number of hydrogen-bond acceptors (Lipinski definition) is 2. The zero-order valence-corrected chi connectivity index (χ0v) is 13.6. The number of benzene rings is 1. The van der Waals surface area contributed by atoms with Crippen LogP contribution in [0.25, 0.3) is 0 Å². The standard InChI is InChI=1S/C17H26ClNO/c1-4-9-19-15-7-8-17(2,12-15)11-13-10-14(18)5-6-16(13)20-3/h5-6,10,15,19H,4,7-9,11-12H2,1-3H3. The summed E-state index contributed by atoms with van der Waals surface area (Å²) in [7, 11) is 1.73. The molecular weight excluding hydrogens is 270 g/mol. The van der Waals surface area contributed by atoms with E-state index in [1.165, 1.54) is 31.2 Å². The molecular formula is C17H26ClNO. The summed E-state index contributed by atoms with van der Waals surface area (Å²) in [5.41, 5.74) is 1.59. The molecule has 0 aliphatic heterocycles. The molecule has 1 aromatic carbocycles. The topological polar surface area (TPSA) is 21.3 Å². The largest absolute Gasteiger partial charge is 0.496 e. The monoisotopic (exact) mass is 295 g/mol. The van der Waals surface area contributed by atoms with Crippen LogP contribution in [0.3, 0.4) is 0 Å². The molecule has 1 N–H and O–H groups in total. The third-order valence-electron chi connectivity index (χ3n) is 4.38. The summed E-state index contributed by atoms with van der Waals surface area (Å²) >= 11 is 6.13. The van der Waals surface area contributed by atoms with Gasteiger partial charge in [-0.1, -0.05) is 25.4 Å². The van der Waals surface area contributed by atoms with E-state index >= 15 is 0 Å². The van der Waals surface area contributed by atoms with E-state index in [0.29, 0.717) is 11.5 Å². The third-order valence-corrected chi connectivity index (χ3v) is 4.61. The molecule has 2 unspecified atom stereocenters. The van der Waals surface area contributed by atoms with E-state index in [9.17, 15) is 0 Å². The normalized spacial score (nSPS) is 25.9. The van der Waals surface area contributed by atoms with Gasteiger partial charge in [-0.05, 0) is 67.8 Å². The first-order valence-electron chi connectivity index (χ1n) is 7.62. The van der Waals surface area contributed by atoms with E-state index in [-0.39, 0.29) is 0 Å². The fourth-order valence-corrected chi connectivity index (χ4v) is 3.54. The summed E-state index contributed by atoms with van der Waals surface area (Å²) in [6, 6.07) is 6.60. The Bertz CT molecular complexity index is 449. The molecule has 2 rings (SSSR count). The Kier molecular flexibility index (Phi) is 5.34. The van der Waals surface area contributed by atoms with Gasteiger partial charge in [-0.3, -0.25) is 0 Å². The highest BCUT2D eigenvalue weighted by molar-refractivity contribution is 6.30. The molecule has 1 aromatic rings. The first kappa shape index (κ1) is 15.7. The van der Waals surface area contributed by atoms with E-state index in [0.717, 1.165) is 23.7 Å². The van der Waals surface area contributed by atoms with Crippen LogP contribution >= 0.6 is 11.6 Å². The second-order valence-corrected chi connectivity index (χ2v) is 6.77. The minimum atomic E-state index is 0.351. The minimum absolute atomic E-state index is 0.351. The van der Waals surface area contributed by atoms with E-state index in [2.05, 4.69) is 25.2 Å². The Morgan fingerprint density at radius 1 is 1.45 bits per heavy atom. The SMILES string of the molecule is CCCNC1CCC(C)(Cc2cc(Cl)ccc2OC)C1. The van der Waals surface area contributed by atoms with Crippen LogP contribution in [-0.2, 0) is 6.42 Å². The maximum Gasteiger partial charge on any atom is 0.122 e. The summed E-state index contributed by atoms with van der Waals surface area (Å²) in [5, 5.41) is 4.45. The molecule has 0 bridgehead atoms. The van der Waals surface area contributed by atoms with Crippen molar-refractivity contribution < 1.29 is 4.74 Å². The van der Waals surface area contributed by atoms with Crippen LogP contribution < -0.4 is 10.1 Å². The Hall–Kier alpha value is -0.730. The van der Waals surface area contributed by atoms with Crippen LogP contribution in [0.2, 0.25) is 5.02 Å². The number of hydrogen-bond donors (Lipinski definition) is 1. The van der Waals surface area contributed by atoms with Crippen molar-refractivity contribution >= 4 is 11.6 Å². The van der Waals surface area contributed by atoms with Crippen LogP contribution in [-0.4, -0.2) is 19.7 Å². The molecule has 20 heavy (non-hydrogen) atoms. The smallest absolute Gasteiger partial charge is 0.122 e. The van der Waals surface area contributed by atoms with Crippen molar-refractivity contribution in [3.63, 3.8) is 0 Å². The molecule has 0 aromatic heterocycles. The second-order valence-electron chi connectivity index (χ2n) is 6.34. The predicted octanol–water partition coefficient (Wildman–Crippen LogP) is 4.45. The van der Waals surface area contributed by atoms with Crippen molar-refractivity contribution in [1.82, 2.24) is 5.32 Å². The van der Waals surface area contributed by atoms with E-state index in [1.54, 1.807) is 7.11 Å². The molecule has 2 atom stereocenters. The molecule has 2 nitrogen and oxygen atoms in total. The maximum absolute atomic E-state index is 6.13. The van der Waals surface area contributed by atoms with Crippen LogP contribution in [0.4, 0.5) is 0 Å². The summed E-state index contributed by atoms with van der Waals surface area (Å²) in [4.78, 5) is 0. The van der Waals surface area contributed by atoms with Crippen molar-refractivity contribution in [3.8, 4) is 5.75 Å². The molecule has 1 saturated carbocycles. The summed E-state index contributed by atoms with van der Waals surface area (Å²) in [5.74, 6) is 0.959. The molecule has 112 valence electrons. The van der Waals surface area contributed by atoms with Crippen LogP contribution in [0.15, 0.2) is 18.2 Å². The van der Waals surface area contributed by atoms with Crippen molar-refractivity contribution in [2.45, 2.75) is 52.0 Å². The van der Waals surface area contributed by atoms with Crippen LogP contribution in [0.5, 0.6) is 5.75 Å². The fourth-order valence-electron chi connectivity index (χ4n) is 3.35. The summed E-state index contributed by atoms with van der Waals surface area (Å²) in [6.45, 7) is 5.74.